The molecule has 0 radical (unpaired) electrons. The molecule has 4 rings (SSSR count). The van der Waals surface area contributed by atoms with Gasteiger partial charge in [-0.25, -0.2) is 4.79 Å². The zero-order valence-corrected chi connectivity index (χ0v) is 21.9. The second-order valence-electron chi connectivity index (χ2n) is 9.01. The molecule has 40 heavy (non-hydrogen) atoms. The van der Waals surface area contributed by atoms with E-state index in [4.69, 9.17) is 4.74 Å². The highest BCUT2D eigenvalue weighted by molar-refractivity contribution is 6.26. The molecule has 1 aromatic heterocycles. The Balaban J connectivity index is 1.13. The van der Waals surface area contributed by atoms with Crippen molar-refractivity contribution in [3.05, 3.63) is 106 Å². The lowest BCUT2D eigenvalue weighted by atomic mass is 9.84. The molecule has 0 unspecified atom stereocenters. The molecule has 0 saturated heterocycles. The van der Waals surface area contributed by atoms with Crippen molar-refractivity contribution in [1.82, 2.24) is 15.6 Å². The normalized spacial score (nSPS) is 12.4. The Morgan fingerprint density at radius 1 is 0.850 bits per heavy atom. The lowest BCUT2D eigenvalue weighted by Crippen LogP contribution is -2.34. The van der Waals surface area contributed by atoms with Gasteiger partial charge in [-0.1, -0.05) is 42.5 Å². The van der Waals surface area contributed by atoms with Crippen LogP contribution in [0, 0.1) is 0 Å². The summed E-state index contributed by atoms with van der Waals surface area (Å²) in [5.74, 6) is -1.06. The number of nitrogens with zero attached hydrogens (tertiary/aromatic N) is 1. The fourth-order valence-electron chi connectivity index (χ4n) is 4.10. The van der Waals surface area contributed by atoms with E-state index in [0.29, 0.717) is 34.5 Å². The number of alkyl carbamates (subject to hydrolysis) is 1. The van der Waals surface area contributed by atoms with Gasteiger partial charge in [-0.15, -0.1) is 0 Å². The molecule has 0 spiro atoms. The molecule has 3 N–H and O–H groups in total. The van der Waals surface area contributed by atoms with Crippen molar-refractivity contribution >= 4 is 35.2 Å². The lowest BCUT2D eigenvalue weighted by Gasteiger charge is -2.19. The number of amides is 3. The molecule has 10 heteroatoms. The molecule has 0 bridgehead atoms. The van der Waals surface area contributed by atoms with Gasteiger partial charge in [0.25, 0.3) is 5.91 Å². The molecule has 10 nitrogen and oxygen atoms in total. The highest BCUT2D eigenvalue weighted by Crippen LogP contribution is 2.25. The first-order valence-electron chi connectivity index (χ1n) is 12.7. The average Bonchev–Trinajstić information content (AvgIpc) is 2.98. The number of hydrogen-bond donors (Lipinski definition) is 3. The Labute approximate surface area is 230 Å². The summed E-state index contributed by atoms with van der Waals surface area (Å²) in [4.78, 5) is 65.7. The standard InChI is InChI=1S/C30H28N4O6/c1-19-24(28(37)23-7-3-2-6-22(23)27(19)36)18-33-30(39)40-17-16-32-26(35)14-11-20-9-12-21(13-10-20)34-29(38)25-8-4-5-15-31-25/h2-10,12-13,15H,11,14,16-18H2,1H3,(H,32,35)(H,33,39)(H,34,38). The first-order valence-corrected chi connectivity index (χ1v) is 12.7. The minimum atomic E-state index is -0.760. The number of rotatable bonds is 10. The van der Waals surface area contributed by atoms with Crippen molar-refractivity contribution in [3.63, 3.8) is 0 Å². The monoisotopic (exact) mass is 540 g/mol. The van der Waals surface area contributed by atoms with Crippen LogP contribution in [0.4, 0.5) is 10.5 Å². The third kappa shape index (κ3) is 7.04. The Morgan fingerprint density at radius 3 is 2.25 bits per heavy atom. The van der Waals surface area contributed by atoms with Gasteiger partial charge in [0.15, 0.2) is 11.6 Å². The molecule has 0 aliphatic heterocycles. The second kappa shape index (κ2) is 13.1. The van der Waals surface area contributed by atoms with Crippen LogP contribution in [0.1, 0.15) is 50.1 Å². The Kier molecular flexibility index (Phi) is 9.14. The van der Waals surface area contributed by atoms with E-state index in [-0.39, 0.29) is 55.1 Å². The van der Waals surface area contributed by atoms with Crippen LogP contribution < -0.4 is 16.0 Å². The topological polar surface area (TPSA) is 144 Å². The van der Waals surface area contributed by atoms with E-state index in [1.54, 1.807) is 67.7 Å². The van der Waals surface area contributed by atoms with Gasteiger partial charge in [-0.2, -0.15) is 0 Å². The van der Waals surface area contributed by atoms with E-state index in [1.807, 2.05) is 12.1 Å². The van der Waals surface area contributed by atoms with Crippen molar-refractivity contribution in [3.8, 4) is 0 Å². The molecule has 1 heterocycles. The summed E-state index contributed by atoms with van der Waals surface area (Å²) in [5.41, 5.74) is 3.04. The van der Waals surface area contributed by atoms with Gasteiger partial charge < -0.3 is 20.7 Å². The molecule has 1 aliphatic carbocycles. The van der Waals surface area contributed by atoms with E-state index < -0.39 is 6.09 Å². The highest BCUT2D eigenvalue weighted by atomic mass is 16.5. The summed E-state index contributed by atoms with van der Waals surface area (Å²) in [6.45, 7) is 1.48. The number of pyridine rings is 1. The largest absolute Gasteiger partial charge is 0.448 e. The van der Waals surface area contributed by atoms with Gasteiger partial charge in [0.05, 0.1) is 13.1 Å². The number of carbonyl (C=O) groups is 5. The van der Waals surface area contributed by atoms with Crippen molar-refractivity contribution in [2.45, 2.75) is 19.8 Å². The van der Waals surface area contributed by atoms with Crippen LogP contribution in [0.5, 0.6) is 0 Å². The summed E-state index contributed by atoms with van der Waals surface area (Å²) >= 11 is 0. The number of nitrogens with one attached hydrogen (secondary N) is 3. The first kappa shape index (κ1) is 27.9. The number of anilines is 1. The van der Waals surface area contributed by atoms with Crippen LogP contribution >= 0.6 is 0 Å². The number of ketones is 2. The van der Waals surface area contributed by atoms with E-state index in [9.17, 15) is 24.0 Å². The molecule has 2 aromatic carbocycles. The third-order valence-electron chi connectivity index (χ3n) is 6.30. The van der Waals surface area contributed by atoms with E-state index in [2.05, 4.69) is 20.9 Å². The van der Waals surface area contributed by atoms with Crippen LogP contribution in [0.15, 0.2) is 84.1 Å². The number of Topliss-reactive ketones (excluding diaryl/α,β-unsaturated/α-hetero) is 2. The Morgan fingerprint density at radius 2 is 1.55 bits per heavy atom. The predicted octanol–water partition coefficient (Wildman–Crippen LogP) is 3.50. The van der Waals surface area contributed by atoms with Crippen molar-refractivity contribution in [2.24, 2.45) is 0 Å². The maximum Gasteiger partial charge on any atom is 0.407 e. The average molecular weight is 541 g/mol. The van der Waals surface area contributed by atoms with Gasteiger partial charge in [0, 0.05) is 40.6 Å². The zero-order valence-electron chi connectivity index (χ0n) is 21.9. The second-order valence-corrected chi connectivity index (χ2v) is 9.01. The number of carbonyl (C=O) groups excluding carboxylic acids is 5. The molecule has 3 amide bonds. The molecule has 0 saturated carbocycles. The summed E-state index contributed by atoms with van der Waals surface area (Å²) < 4.78 is 5.07. The van der Waals surface area contributed by atoms with Crippen LogP contribution in [-0.4, -0.2) is 54.2 Å². The van der Waals surface area contributed by atoms with Gasteiger partial charge in [0.1, 0.15) is 12.3 Å². The fraction of sp³-hybridized carbons (Fsp3) is 0.200. The van der Waals surface area contributed by atoms with Crippen LogP contribution in [-0.2, 0) is 16.0 Å². The summed E-state index contributed by atoms with van der Waals surface area (Å²) in [7, 11) is 0. The van der Waals surface area contributed by atoms with Gasteiger partial charge in [-0.05, 0) is 43.2 Å². The molecule has 1 aliphatic rings. The maximum absolute atomic E-state index is 12.7. The zero-order chi connectivity index (χ0) is 28.5. The number of ether oxygens (including phenoxy) is 1. The van der Waals surface area contributed by atoms with Gasteiger partial charge in [-0.3, -0.25) is 24.2 Å². The number of aryl methyl sites for hydroxylation is 1. The van der Waals surface area contributed by atoms with E-state index >= 15 is 0 Å². The fourth-order valence-corrected chi connectivity index (χ4v) is 4.10. The Hall–Kier alpha value is -5.12. The third-order valence-corrected chi connectivity index (χ3v) is 6.30. The first-order chi connectivity index (χ1) is 19.3. The number of benzene rings is 2. The maximum atomic E-state index is 12.7. The summed E-state index contributed by atoms with van der Waals surface area (Å²) in [6.07, 6.45) is 1.51. The smallest absolute Gasteiger partial charge is 0.407 e. The highest BCUT2D eigenvalue weighted by Gasteiger charge is 2.29. The predicted molar refractivity (Wildman–Crippen MR) is 147 cm³/mol. The molecule has 0 fully saturated rings. The Bertz CT molecular complexity index is 1470. The van der Waals surface area contributed by atoms with E-state index in [0.717, 1.165) is 5.56 Å². The van der Waals surface area contributed by atoms with Crippen LogP contribution in [0.2, 0.25) is 0 Å². The van der Waals surface area contributed by atoms with Gasteiger partial charge in [0.2, 0.25) is 5.91 Å². The minimum absolute atomic E-state index is 0.0595. The molecule has 204 valence electrons. The SMILES string of the molecule is CC1=C(CNC(=O)OCCNC(=O)CCc2ccc(NC(=O)c3ccccn3)cc2)C(=O)c2ccccc2C1=O. The van der Waals surface area contributed by atoms with Crippen LogP contribution in [0.25, 0.3) is 0 Å². The summed E-state index contributed by atoms with van der Waals surface area (Å²) in [6, 6.07) is 18.8. The quantitative estimate of drug-likeness (QED) is 0.334. The van der Waals surface area contributed by atoms with Crippen molar-refractivity contribution in [1.29, 1.82) is 0 Å². The number of hydrogen-bond acceptors (Lipinski definition) is 7. The lowest BCUT2D eigenvalue weighted by molar-refractivity contribution is -0.121. The molecule has 0 atom stereocenters. The number of fused-ring (bicyclic) bond motifs is 1. The number of aromatic nitrogens is 1. The molecule has 3 aromatic rings. The van der Waals surface area contributed by atoms with E-state index in [1.165, 1.54) is 0 Å². The number of allylic oxidation sites excluding steroid dienone is 1. The summed E-state index contributed by atoms with van der Waals surface area (Å²) in [5, 5.41) is 7.94. The molecular formula is C30H28N4O6. The molecular weight excluding hydrogens is 512 g/mol. The van der Waals surface area contributed by atoms with Crippen LogP contribution in [0.3, 0.4) is 0 Å². The van der Waals surface area contributed by atoms with Crippen molar-refractivity contribution < 1.29 is 28.7 Å². The van der Waals surface area contributed by atoms with Gasteiger partial charge >= 0.3 is 6.09 Å². The van der Waals surface area contributed by atoms with Crippen molar-refractivity contribution in [2.75, 3.05) is 25.0 Å². The minimum Gasteiger partial charge on any atom is -0.448 e.